The zero-order valence-electron chi connectivity index (χ0n) is 13.4. The van der Waals surface area contributed by atoms with Gasteiger partial charge in [0.2, 0.25) is 5.95 Å². The minimum atomic E-state index is -0.459. The summed E-state index contributed by atoms with van der Waals surface area (Å²) in [4.78, 5) is 23.2. The average molecular weight is 342 g/mol. The summed E-state index contributed by atoms with van der Waals surface area (Å²) in [7, 11) is 0. The molecule has 1 aliphatic heterocycles. The number of nitrogens with one attached hydrogen (secondary N) is 1. The standard InChI is InChI=1S/C18H16F2N4O/c19-12-5-6-14(20)16(11-12)23-7-9-24(10-8-23)18-21-15-4-2-1-3-13(15)17(25)22-18/h1-6,11H,7-10H2,(H,21,22,25). The van der Waals surface area contributed by atoms with E-state index in [1.807, 2.05) is 11.0 Å². The first-order valence-electron chi connectivity index (χ1n) is 8.06. The molecule has 7 heteroatoms. The molecule has 1 fully saturated rings. The van der Waals surface area contributed by atoms with Gasteiger partial charge in [0.1, 0.15) is 11.6 Å². The highest BCUT2D eigenvalue weighted by Crippen LogP contribution is 2.23. The van der Waals surface area contributed by atoms with Crippen LogP contribution in [0.3, 0.4) is 0 Å². The van der Waals surface area contributed by atoms with Crippen LogP contribution in [0.15, 0.2) is 47.3 Å². The predicted octanol–water partition coefficient (Wildman–Crippen LogP) is 2.53. The van der Waals surface area contributed by atoms with Gasteiger partial charge in [-0.2, -0.15) is 0 Å². The van der Waals surface area contributed by atoms with E-state index >= 15 is 0 Å². The lowest BCUT2D eigenvalue weighted by molar-refractivity contribution is 0.578. The molecule has 0 bridgehead atoms. The second kappa shape index (κ2) is 6.16. The molecule has 0 unspecified atom stereocenters. The molecule has 1 aliphatic rings. The lowest BCUT2D eigenvalue weighted by atomic mass is 10.2. The molecule has 1 saturated heterocycles. The largest absolute Gasteiger partial charge is 0.366 e. The molecule has 25 heavy (non-hydrogen) atoms. The van der Waals surface area contributed by atoms with Crippen LogP contribution in [0.1, 0.15) is 0 Å². The number of para-hydroxylation sites is 1. The maximum atomic E-state index is 13.9. The number of hydrogen-bond acceptors (Lipinski definition) is 4. The molecule has 0 saturated carbocycles. The Morgan fingerprint density at radius 2 is 1.68 bits per heavy atom. The molecule has 0 atom stereocenters. The zero-order chi connectivity index (χ0) is 17.4. The van der Waals surface area contributed by atoms with Gasteiger partial charge in [-0.05, 0) is 24.3 Å². The molecule has 2 heterocycles. The molecule has 1 aromatic heterocycles. The number of H-pyrrole nitrogens is 1. The molecule has 1 N–H and O–H groups in total. The summed E-state index contributed by atoms with van der Waals surface area (Å²) in [5, 5.41) is 0.548. The number of nitrogens with zero attached hydrogens (tertiary/aromatic N) is 3. The minimum Gasteiger partial charge on any atom is -0.366 e. The molecule has 2 aromatic carbocycles. The van der Waals surface area contributed by atoms with Gasteiger partial charge in [0, 0.05) is 32.2 Å². The second-order valence-corrected chi connectivity index (χ2v) is 5.98. The van der Waals surface area contributed by atoms with E-state index in [9.17, 15) is 13.6 Å². The fraction of sp³-hybridized carbons (Fsp3) is 0.222. The van der Waals surface area contributed by atoms with E-state index in [1.165, 1.54) is 6.07 Å². The van der Waals surface area contributed by atoms with E-state index in [1.54, 1.807) is 23.1 Å². The predicted molar refractivity (Wildman–Crippen MR) is 93.1 cm³/mol. The maximum Gasteiger partial charge on any atom is 0.260 e. The third kappa shape index (κ3) is 2.93. The van der Waals surface area contributed by atoms with Crippen LogP contribution in [-0.4, -0.2) is 36.1 Å². The number of hydrogen-bond donors (Lipinski definition) is 1. The molecule has 0 aliphatic carbocycles. The number of benzene rings is 2. The van der Waals surface area contributed by atoms with Crippen LogP contribution in [0.2, 0.25) is 0 Å². The van der Waals surface area contributed by atoms with Gasteiger partial charge in [0.25, 0.3) is 5.56 Å². The van der Waals surface area contributed by atoms with Crippen LogP contribution >= 0.6 is 0 Å². The summed E-state index contributed by atoms with van der Waals surface area (Å²) in [6.07, 6.45) is 0. The van der Waals surface area contributed by atoms with Crippen molar-refractivity contribution >= 4 is 22.5 Å². The summed E-state index contributed by atoms with van der Waals surface area (Å²) in [5.74, 6) is -0.394. The summed E-state index contributed by atoms with van der Waals surface area (Å²) in [6.45, 7) is 2.13. The van der Waals surface area contributed by atoms with Crippen molar-refractivity contribution in [2.45, 2.75) is 0 Å². The minimum absolute atomic E-state index is 0.181. The van der Waals surface area contributed by atoms with E-state index in [0.29, 0.717) is 43.0 Å². The molecule has 0 amide bonds. The number of piperazine rings is 1. The van der Waals surface area contributed by atoms with Gasteiger partial charge in [-0.15, -0.1) is 0 Å². The number of anilines is 2. The third-order valence-electron chi connectivity index (χ3n) is 4.43. The van der Waals surface area contributed by atoms with Crippen LogP contribution in [0.4, 0.5) is 20.4 Å². The normalized spacial score (nSPS) is 15.0. The van der Waals surface area contributed by atoms with Gasteiger partial charge in [0.15, 0.2) is 0 Å². The lowest BCUT2D eigenvalue weighted by Crippen LogP contribution is -2.47. The van der Waals surface area contributed by atoms with Gasteiger partial charge in [-0.3, -0.25) is 9.78 Å². The summed E-state index contributed by atoms with van der Waals surface area (Å²) < 4.78 is 27.3. The smallest absolute Gasteiger partial charge is 0.260 e. The molecular weight excluding hydrogens is 326 g/mol. The lowest BCUT2D eigenvalue weighted by Gasteiger charge is -2.36. The van der Waals surface area contributed by atoms with Crippen molar-refractivity contribution in [3.8, 4) is 0 Å². The van der Waals surface area contributed by atoms with Crippen LogP contribution < -0.4 is 15.4 Å². The number of rotatable bonds is 2. The summed E-state index contributed by atoms with van der Waals surface area (Å²) in [5.41, 5.74) is 0.721. The Morgan fingerprint density at radius 1 is 0.960 bits per heavy atom. The van der Waals surface area contributed by atoms with Crippen molar-refractivity contribution in [3.05, 3.63) is 64.5 Å². The molecule has 0 radical (unpaired) electrons. The molecule has 3 aromatic rings. The Kier molecular flexibility index (Phi) is 3.83. The molecule has 0 spiro atoms. The molecule has 5 nitrogen and oxygen atoms in total. The zero-order valence-corrected chi connectivity index (χ0v) is 13.4. The number of aromatic nitrogens is 2. The van der Waals surface area contributed by atoms with Gasteiger partial charge in [-0.25, -0.2) is 13.8 Å². The Balaban J connectivity index is 1.56. The van der Waals surface area contributed by atoms with E-state index in [-0.39, 0.29) is 11.2 Å². The van der Waals surface area contributed by atoms with E-state index in [0.717, 1.165) is 12.1 Å². The van der Waals surface area contributed by atoms with E-state index in [4.69, 9.17) is 0 Å². The third-order valence-corrected chi connectivity index (χ3v) is 4.43. The fourth-order valence-electron chi connectivity index (χ4n) is 3.11. The van der Waals surface area contributed by atoms with Gasteiger partial charge >= 0.3 is 0 Å². The van der Waals surface area contributed by atoms with Crippen LogP contribution in [-0.2, 0) is 0 Å². The van der Waals surface area contributed by atoms with Crippen molar-refractivity contribution in [3.63, 3.8) is 0 Å². The SMILES string of the molecule is O=c1[nH]c(N2CCN(c3cc(F)ccc3F)CC2)nc2ccccc12. The fourth-order valence-corrected chi connectivity index (χ4v) is 3.11. The van der Waals surface area contributed by atoms with Crippen LogP contribution in [0, 0.1) is 11.6 Å². The molecule has 128 valence electrons. The van der Waals surface area contributed by atoms with Crippen molar-refractivity contribution in [1.29, 1.82) is 0 Å². The Morgan fingerprint density at radius 3 is 2.48 bits per heavy atom. The second-order valence-electron chi connectivity index (χ2n) is 5.98. The molecular formula is C18H16F2N4O. The molecule has 4 rings (SSSR count). The first kappa shape index (κ1) is 15.6. The van der Waals surface area contributed by atoms with E-state index in [2.05, 4.69) is 9.97 Å². The van der Waals surface area contributed by atoms with Gasteiger partial charge < -0.3 is 9.80 Å². The first-order valence-corrected chi connectivity index (χ1v) is 8.06. The van der Waals surface area contributed by atoms with Gasteiger partial charge in [0.05, 0.1) is 16.6 Å². The van der Waals surface area contributed by atoms with Crippen LogP contribution in [0.25, 0.3) is 10.9 Å². The Labute approximate surface area is 142 Å². The highest BCUT2D eigenvalue weighted by molar-refractivity contribution is 5.78. The number of halogens is 2. The highest BCUT2D eigenvalue weighted by Gasteiger charge is 2.21. The Hall–Kier alpha value is -2.96. The number of fused-ring (bicyclic) bond motifs is 1. The number of aromatic amines is 1. The summed E-state index contributed by atoms with van der Waals surface area (Å²) >= 11 is 0. The first-order chi connectivity index (χ1) is 12.1. The van der Waals surface area contributed by atoms with Crippen LogP contribution in [0.5, 0.6) is 0 Å². The summed E-state index contributed by atoms with van der Waals surface area (Å²) in [6, 6.07) is 10.6. The van der Waals surface area contributed by atoms with Crippen molar-refractivity contribution < 1.29 is 8.78 Å². The van der Waals surface area contributed by atoms with E-state index < -0.39 is 11.6 Å². The monoisotopic (exact) mass is 342 g/mol. The van der Waals surface area contributed by atoms with Crippen molar-refractivity contribution in [2.75, 3.05) is 36.0 Å². The quantitative estimate of drug-likeness (QED) is 0.778. The van der Waals surface area contributed by atoms with Gasteiger partial charge in [-0.1, -0.05) is 12.1 Å². The topological polar surface area (TPSA) is 52.2 Å². The Bertz CT molecular complexity index is 980. The van der Waals surface area contributed by atoms with Crippen molar-refractivity contribution in [2.24, 2.45) is 0 Å². The maximum absolute atomic E-state index is 13.9. The average Bonchev–Trinajstić information content (AvgIpc) is 2.64. The highest BCUT2D eigenvalue weighted by atomic mass is 19.1. The van der Waals surface area contributed by atoms with Crippen molar-refractivity contribution in [1.82, 2.24) is 9.97 Å².